The van der Waals surface area contributed by atoms with Crippen molar-refractivity contribution in [1.29, 1.82) is 0 Å². The van der Waals surface area contributed by atoms with Gasteiger partial charge in [-0.15, -0.1) is 0 Å². The zero-order chi connectivity index (χ0) is 13.8. The van der Waals surface area contributed by atoms with Crippen LogP contribution in [0.5, 0.6) is 5.75 Å². The molecule has 0 radical (unpaired) electrons. The first-order chi connectivity index (χ1) is 9.11. The Bertz CT molecular complexity index is 552. The van der Waals surface area contributed by atoms with E-state index in [4.69, 9.17) is 21.4 Å². The highest BCUT2D eigenvalue weighted by molar-refractivity contribution is 6.32. The quantitative estimate of drug-likeness (QED) is 0.915. The van der Waals surface area contributed by atoms with Crippen LogP contribution in [-0.2, 0) is 13.2 Å². The van der Waals surface area contributed by atoms with Gasteiger partial charge in [0.05, 0.1) is 29.8 Å². The average molecular weight is 281 g/mol. The first kappa shape index (κ1) is 13.9. The van der Waals surface area contributed by atoms with Gasteiger partial charge < -0.3 is 14.4 Å². The fourth-order valence-corrected chi connectivity index (χ4v) is 2.08. The van der Waals surface area contributed by atoms with Gasteiger partial charge in [0.15, 0.2) is 0 Å². The van der Waals surface area contributed by atoms with Crippen LogP contribution >= 0.6 is 11.6 Å². The van der Waals surface area contributed by atoms with Crippen molar-refractivity contribution in [2.45, 2.75) is 33.1 Å². The predicted molar refractivity (Wildman–Crippen MR) is 74.3 cm³/mol. The number of aliphatic hydroxyl groups is 1. The van der Waals surface area contributed by atoms with E-state index in [2.05, 4.69) is 23.4 Å². The maximum Gasteiger partial charge on any atom is 0.138 e. The lowest BCUT2D eigenvalue weighted by Crippen LogP contribution is -2.07. The average Bonchev–Trinajstić information content (AvgIpc) is 2.85. The number of ether oxygens (including phenoxy) is 1. The Morgan fingerprint density at radius 3 is 2.84 bits per heavy atom. The summed E-state index contributed by atoms with van der Waals surface area (Å²) in [5.41, 5.74) is 1.77. The van der Waals surface area contributed by atoms with Crippen LogP contribution in [0, 0.1) is 0 Å². The molecular weight excluding hydrogens is 264 g/mol. The Hall–Kier alpha value is -1.52. The summed E-state index contributed by atoms with van der Waals surface area (Å²) in [6.45, 7) is 4.57. The molecule has 4 nitrogen and oxygen atoms in total. The molecule has 0 aliphatic carbocycles. The molecule has 1 aromatic carbocycles. The highest BCUT2D eigenvalue weighted by Gasteiger charge is 2.08. The van der Waals surface area contributed by atoms with E-state index in [0.717, 1.165) is 11.3 Å². The molecule has 2 aromatic rings. The number of hydrogen-bond donors (Lipinski definition) is 1. The van der Waals surface area contributed by atoms with Crippen molar-refractivity contribution in [3.05, 3.63) is 47.0 Å². The molecule has 0 aliphatic heterocycles. The van der Waals surface area contributed by atoms with Crippen LogP contribution in [0.2, 0.25) is 5.02 Å². The third-order valence-electron chi connectivity index (χ3n) is 2.86. The van der Waals surface area contributed by atoms with Crippen molar-refractivity contribution in [2.75, 3.05) is 0 Å². The van der Waals surface area contributed by atoms with Crippen molar-refractivity contribution in [2.24, 2.45) is 0 Å². The minimum Gasteiger partial charge on any atom is -0.486 e. The Kier molecular flexibility index (Phi) is 4.45. The van der Waals surface area contributed by atoms with Gasteiger partial charge in [-0.2, -0.15) is 0 Å². The SMILES string of the molecule is CC(C)n1cncc1COc1ccc(CO)cc1Cl. The van der Waals surface area contributed by atoms with Crippen LogP contribution < -0.4 is 4.74 Å². The molecular formula is C14H17ClN2O2. The number of halogens is 1. The minimum absolute atomic E-state index is 0.0277. The molecule has 19 heavy (non-hydrogen) atoms. The lowest BCUT2D eigenvalue weighted by molar-refractivity contribution is 0.279. The summed E-state index contributed by atoms with van der Waals surface area (Å²) in [6.07, 6.45) is 3.58. The monoisotopic (exact) mass is 280 g/mol. The molecule has 1 heterocycles. The molecule has 0 atom stereocenters. The topological polar surface area (TPSA) is 47.3 Å². The van der Waals surface area contributed by atoms with Crippen molar-refractivity contribution in [3.63, 3.8) is 0 Å². The molecule has 0 aliphatic rings. The van der Waals surface area contributed by atoms with Gasteiger partial charge in [-0.3, -0.25) is 0 Å². The summed E-state index contributed by atoms with van der Waals surface area (Å²) >= 11 is 6.09. The van der Waals surface area contributed by atoms with Crippen LogP contribution in [0.25, 0.3) is 0 Å². The van der Waals surface area contributed by atoms with Gasteiger partial charge in [0.25, 0.3) is 0 Å². The molecule has 0 bridgehead atoms. The van der Waals surface area contributed by atoms with E-state index in [1.54, 1.807) is 30.7 Å². The molecule has 5 heteroatoms. The van der Waals surface area contributed by atoms with Gasteiger partial charge in [0.2, 0.25) is 0 Å². The second-order valence-electron chi connectivity index (χ2n) is 4.60. The van der Waals surface area contributed by atoms with E-state index < -0.39 is 0 Å². The number of benzene rings is 1. The molecule has 0 unspecified atom stereocenters. The highest BCUT2D eigenvalue weighted by atomic mass is 35.5. The fourth-order valence-electron chi connectivity index (χ4n) is 1.82. The smallest absolute Gasteiger partial charge is 0.138 e. The predicted octanol–water partition coefficient (Wildman–Crippen LogP) is 3.19. The van der Waals surface area contributed by atoms with E-state index in [1.807, 2.05) is 0 Å². The van der Waals surface area contributed by atoms with E-state index in [0.29, 0.717) is 23.4 Å². The zero-order valence-corrected chi connectivity index (χ0v) is 11.8. The van der Waals surface area contributed by atoms with Gasteiger partial charge in [-0.05, 0) is 31.5 Å². The van der Waals surface area contributed by atoms with Crippen LogP contribution in [0.3, 0.4) is 0 Å². The molecule has 0 amide bonds. The third-order valence-corrected chi connectivity index (χ3v) is 3.15. The molecule has 2 rings (SSSR count). The first-order valence-electron chi connectivity index (χ1n) is 6.14. The molecule has 0 spiro atoms. The van der Waals surface area contributed by atoms with Crippen LogP contribution in [0.4, 0.5) is 0 Å². The molecule has 0 saturated heterocycles. The minimum atomic E-state index is -0.0277. The maximum absolute atomic E-state index is 9.02. The van der Waals surface area contributed by atoms with Crippen molar-refractivity contribution >= 4 is 11.6 Å². The van der Waals surface area contributed by atoms with Crippen molar-refractivity contribution < 1.29 is 9.84 Å². The van der Waals surface area contributed by atoms with Crippen LogP contribution in [0.15, 0.2) is 30.7 Å². The second-order valence-corrected chi connectivity index (χ2v) is 5.00. The van der Waals surface area contributed by atoms with E-state index in [-0.39, 0.29) is 6.61 Å². The molecule has 1 N–H and O–H groups in total. The Labute approximate surface area is 117 Å². The van der Waals surface area contributed by atoms with Crippen molar-refractivity contribution in [1.82, 2.24) is 9.55 Å². The standard InChI is InChI=1S/C14H17ClN2O2/c1-10(2)17-9-16-6-12(17)8-19-14-4-3-11(7-18)5-13(14)15/h3-6,9-10,18H,7-8H2,1-2H3. The Balaban J connectivity index is 2.08. The van der Waals surface area contributed by atoms with Gasteiger partial charge in [0.1, 0.15) is 12.4 Å². The maximum atomic E-state index is 9.02. The second kappa shape index (κ2) is 6.08. The van der Waals surface area contributed by atoms with Gasteiger partial charge in [-0.1, -0.05) is 17.7 Å². The summed E-state index contributed by atoms with van der Waals surface area (Å²) in [7, 11) is 0. The third kappa shape index (κ3) is 3.28. The number of aromatic nitrogens is 2. The summed E-state index contributed by atoms with van der Waals surface area (Å²) in [5.74, 6) is 0.607. The lowest BCUT2D eigenvalue weighted by Gasteiger charge is -2.13. The van der Waals surface area contributed by atoms with E-state index >= 15 is 0 Å². The summed E-state index contributed by atoms with van der Waals surface area (Å²) < 4.78 is 7.75. The lowest BCUT2D eigenvalue weighted by atomic mass is 10.2. The molecule has 102 valence electrons. The zero-order valence-electron chi connectivity index (χ0n) is 11.0. The van der Waals surface area contributed by atoms with Gasteiger partial charge in [0, 0.05) is 6.04 Å². The van der Waals surface area contributed by atoms with Crippen LogP contribution in [-0.4, -0.2) is 14.7 Å². The molecule has 0 saturated carbocycles. The number of nitrogens with zero attached hydrogens (tertiary/aromatic N) is 2. The van der Waals surface area contributed by atoms with Crippen LogP contribution in [0.1, 0.15) is 31.1 Å². The Morgan fingerprint density at radius 1 is 1.42 bits per heavy atom. The van der Waals surface area contributed by atoms with Gasteiger partial charge >= 0.3 is 0 Å². The van der Waals surface area contributed by atoms with E-state index in [9.17, 15) is 0 Å². The first-order valence-corrected chi connectivity index (χ1v) is 6.52. The van der Waals surface area contributed by atoms with Gasteiger partial charge in [-0.25, -0.2) is 4.98 Å². The van der Waals surface area contributed by atoms with Crippen molar-refractivity contribution in [3.8, 4) is 5.75 Å². The summed E-state index contributed by atoms with van der Waals surface area (Å²) in [5, 5.41) is 9.52. The summed E-state index contributed by atoms with van der Waals surface area (Å²) in [6, 6.07) is 5.61. The normalized spacial score (nSPS) is 11.0. The summed E-state index contributed by atoms with van der Waals surface area (Å²) in [4.78, 5) is 4.12. The number of aliphatic hydroxyl groups excluding tert-OH is 1. The number of imidazole rings is 1. The number of rotatable bonds is 5. The largest absolute Gasteiger partial charge is 0.486 e. The van der Waals surface area contributed by atoms with E-state index in [1.165, 1.54) is 0 Å². The Morgan fingerprint density at radius 2 is 2.21 bits per heavy atom. The highest BCUT2D eigenvalue weighted by Crippen LogP contribution is 2.26. The molecule has 0 fully saturated rings. The fraction of sp³-hybridized carbons (Fsp3) is 0.357. The molecule has 1 aromatic heterocycles. The number of hydrogen-bond acceptors (Lipinski definition) is 3.